The van der Waals surface area contributed by atoms with E-state index >= 15 is 0 Å². The van der Waals surface area contributed by atoms with Crippen molar-refractivity contribution in [1.29, 1.82) is 0 Å². The Morgan fingerprint density at radius 2 is 1.50 bits per heavy atom. The molecule has 2 heteroatoms. The molecule has 0 aromatic heterocycles. The Morgan fingerprint density at radius 1 is 1.00 bits per heavy atom. The lowest BCUT2D eigenvalue weighted by Gasteiger charge is -2.13. The fraction of sp³-hybridized carbons (Fsp3) is 0.400. The summed E-state index contributed by atoms with van der Waals surface area (Å²) in [4.78, 5) is 3.47. The summed E-state index contributed by atoms with van der Waals surface area (Å²) in [5, 5.41) is 0. The normalized spacial score (nSPS) is 10.4. The molecule has 0 fully saturated rings. The van der Waals surface area contributed by atoms with Crippen LogP contribution in [-0.4, -0.2) is 28.2 Å². The van der Waals surface area contributed by atoms with E-state index in [1.54, 1.807) is 0 Å². The van der Waals surface area contributed by atoms with Crippen LogP contribution in [0.15, 0.2) is 24.3 Å². The van der Waals surface area contributed by atoms with E-state index < -0.39 is 0 Å². The zero-order chi connectivity index (χ0) is 9.14. The second kappa shape index (κ2) is 3.59. The van der Waals surface area contributed by atoms with E-state index in [2.05, 4.69) is 57.4 Å². The van der Waals surface area contributed by atoms with Crippen molar-refractivity contribution in [2.24, 2.45) is 0 Å². The van der Waals surface area contributed by atoms with E-state index in [0.717, 1.165) is 0 Å². The minimum atomic E-state index is 1.25. The number of anilines is 1. The second-order valence-corrected chi connectivity index (χ2v) is 3.44. The van der Waals surface area contributed by atoms with E-state index in [0.29, 0.717) is 0 Å². The van der Waals surface area contributed by atoms with Crippen molar-refractivity contribution in [1.82, 2.24) is 0 Å². The standard InChI is InChI=1S/C10H16N2/c1-11(2)9-5-7-10(8-6-9)12(3)4/h5-8H,1-4H3/p+1. The van der Waals surface area contributed by atoms with Crippen LogP contribution in [0.3, 0.4) is 0 Å². The lowest BCUT2D eigenvalue weighted by molar-refractivity contribution is -0.786. The molecule has 0 aliphatic rings. The van der Waals surface area contributed by atoms with Gasteiger partial charge in [0.05, 0.1) is 14.1 Å². The molecule has 0 spiro atoms. The summed E-state index contributed by atoms with van der Waals surface area (Å²) in [6.45, 7) is 0. The molecular formula is C10H17N2+. The van der Waals surface area contributed by atoms with Crippen molar-refractivity contribution < 1.29 is 4.90 Å². The summed E-state index contributed by atoms with van der Waals surface area (Å²) in [6, 6.07) is 8.60. The summed E-state index contributed by atoms with van der Waals surface area (Å²) in [5.74, 6) is 0. The first-order valence-corrected chi connectivity index (χ1v) is 4.19. The molecule has 1 rings (SSSR count). The predicted octanol–water partition coefficient (Wildman–Crippen LogP) is 0.529. The number of rotatable bonds is 2. The monoisotopic (exact) mass is 165 g/mol. The molecule has 0 bridgehead atoms. The second-order valence-electron chi connectivity index (χ2n) is 3.44. The van der Waals surface area contributed by atoms with E-state index in [1.807, 2.05) is 0 Å². The lowest BCUT2D eigenvalue weighted by Crippen LogP contribution is -3.00. The van der Waals surface area contributed by atoms with Crippen LogP contribution in [0.5, 0.6) is 0 Å². The minimum Gasteiger partial charge on any atom is -0.378 e. The van der Waals surface area contributed by atoms with Gasteiger partial charge in [-0.25, -0.2) is 0 Å². The summed E-state index contributed by atoms with van der Waals surface area (Å²) in [7, 11) is 8.37. The Bertz CT molecular complexity index is 210. The fourth-order valence-electron chi connectivity index (χ4n) is 1.09. The lowest BCUT2D eigenvalue weighted by atomic mass is 10.2. The van der Waals surface area contributed by atoms with Gasteiger partial charge in [-0.2, -0.15) is 0 Å². The van der Waals surface area contributed by atoms with Crippen LogP contribution in [0.4, 0.5) is 11.4 Å². The smallest absolute Gasteiger partial charge is 0.130 e. The first-order valence-electron chi connectivity index (χ1n) is 4.19. The van der Waals surface area contributed by atoms with Gasteiger partial charge in [0.1, 0.15) is 5.69 Å². The Hall–Kier alpha value is -1.02. The molecule has 0 atom stereocenters. The molecule has 1 aromatic carbocycles. The first-order chi connectivity index (χ1) is 5.61. The zero-order valence-electron chi connectivity index (χ0n) is 8.26. The van der Waals surface area contributed by atoms with E-state index in [4.69, 9.17) is 0 Å². The molecule has 0 radical (unpaired) electrons. The number of nitrogens with zero attached hydrogens (tertiary/aromatic N) is 1. The maximum atomic E-state index is 2.16. The largest absolute Gasteiger partial charge is 0.378 e. The van der Waals surface area contributed by atoms with Crippen molar-refractivity contribution in [2.45, 2.75) is 0 Å². The predicted molar refractivity (Wildman–Crippen MR) is 53.2 cm³/mol. The highest BCUT2D eigenvalue weighted by Gasteiger charge is 1.99. The van der Waals surface area contributed by atoms with Gasteiger partial charge in [0.15, 0.2) is 0 Å². The van der Waals surface area contributed by atoms with Gasteiger partial charge in [-0.3, -0.25) is 0 Å². The van der Waals surface area contributed by atoms with Crippen LogP contribution in [0, 0.1) is 0 Å². The average Bonchev–Trinajstić information content (AvgIpc) is 2.04. The number of quaternary nitrogens is 1. The number of hydrogen-bond acceptors (Lipinski definition) is 1. The van der Waals surface area contributed by atoms with Crippen molar-refractivity contribution in [3.63, 3.8) is 0 Å². The van der Waals surface area contributed by atoms with Crippen molar-refractivity contribution >= 4 is 11.4 Å². The van der Waals surface area contributed by atoms with Gasteiger partial charge in [0.25, 0.3) is 0 Å². The minimum absolute atomic E-state index is 1.25. The van der Waals surface area contributed by atoms with Crippen LogP contribution < -0.4 is 9.80 Å². The molecule has 66 valence electrons. The molecule has 0 aliphatic heterocycles. The first kappa shape index (κ1) is 9.07. The summed E-state index contributed by atoms with van der Waals surface area (Å²) in [5.41, 5.74) is 2.57. The molecule has 0 unspecified atom stereocenters. The third-order valence-corrected chi connectivity index (χ3v) is 1.96. The molecule has 1 N–H and O–H groups in total. The fourth-order valence-corrected chi connectivity index (χ4v) is 1.09. The highest BCUT2D eigenvalue weighted by Crippen LogP contribution is 2.12. The van der Waals surface area contributed by atoms with Crippen LogP contribution in [0.1, 0.15) is 0 Å². The van der Waals surface area contributed by atoms with Gasteiger partial charge < -0.3 is 9.80 Å². The number of benzene rings is 1. The Labute approximate surface area is 74.4 Å². The molecule has 1 aromatic rings. The highest BCUT2D eigenvalue weighted by atomic mass is 15.1. The van der Waals surface area contributed by atoms with Gasteiger partial charge in [-0.1, -0.05) is 0 Å². The van der Waals surface area contributed by atoms with E-state index in [1.165, 1.54) is 16.3 Å². The van der Waals surface area contributed by atoms with Gasteiger partial charge in [-0.15, -0.1) is 0 Å². The van der Waals surface area contributed by atoms with Crippen molar-refractivity contribution in [3.8, 4) is 0 Å². The third kappa shape index (κ3) is 1.98. The van der Waals surface area contributed by atoms with Crippen molar-refractivity contribution in [3.05, 3.63) is 24.3 Å². The molecule has 2 nitrogen and oxygen atoms in total. The summed E-state index contributed by atoms with van der Waals surface area (Å²) >= 11 is 0. The SMILES string of the molecule is CN(C)c1ccc([NH+](C)C)cc1. The van der Waals surface area contributed by atoms with E-state index in [9.17, 15) is 0 Å². The Morgan fingerprint density at radius 3 is 1.83 bits per heavy atom. The third-order valence-electron chi connectivity index (χ3n) is 1.96. The summed E-state index contributed by atoms with van der Waals surface area (Å²) in [6.07, 6.45) is 0. The molecule has 0 amide bonds. The quantitative estimate of drug-likeness (QED) is 0.671. The van der Waals surface area contributed by atoms with E-state index in [-0.39, 0.29) is 0 Å². The Balaban J connectivity index is 2.86. The number of nitrogens with one attached hydrogen (secondary N) is 1. The zero-order valence-corrected chi connectivity index (χ0v) is 8.26. The summed E-state index contributed by atoms with van der Waals surface area (Å²) < 4.78 is 0. The molecule has 0 saturated heterocycles. The Kier molecular flexibility index (Phi) is 2.71. The maximum absolute atomic E-state index is 2.16. The van der Waals surface area contributed by atoms with Crippen LogP contribution in [-0.2, 0) is 0 Å². The number of hydrogen-bond donors (Lipinski definition) is 1. The van der Waals surface area contributed by atoms with Gasteiger partial charge in [0, 0.05) is 31.9 Å². The van der Waals surface area contributed by atoms with Gasteiger partial charge >= 0.3 is 0 Å². The van der Waals surface area contributed by atoms with Gasteiger partial charge in [-0.05, 0) is 12.1 Å². The molecule has 0 heterocycles. The van der Waals surface area contributed by atoms with Crippen LogP contribution in [0.25, 0.3) is 0 Å². The van der Waals surface area contributed by atoms with Crippen LogP contribution >= 0.6 is 0 Å². The van der Waals surface area contributed by atoms with Crippen molar-refractivity contribution in [2.75, 3.05) is 33.1 Å². The van der Waals surface area contributed by atoms with Crippen LogP contribution in [0.2, 0.25) is 0 Å². The molecular weight excluding hydrogens is 148 g/mol. The molecule has 12 heavy (non-hydrogen) atoms. The average molecular weight is 165 g/mol. The molecule has 0 saturated carbocycles. The van der Waals surface area contributed by atoms with Gasteiger partial charge in [0.2, 0.25) is 0 Å². The maximum Gasteiger partial charge on any atom is 0.130 e. The topological polar surface area (TPSA) is 7.68 Å². The molecule has 0 aliphatic carbocycles. The highest BCUT2D eigenvalue weighted by molar-refractivity contribution is 5.49.